The van der Waals surface area contributed by atoms with Crippen LogP contribution >= 0.6 is 22.6 Å². The average Bonchev–Trinajstić information content (AvgIpc) is 2.61. The number of aryl methyl sites for hydroxylation is 1. The smallest absolute Gasteiger partial charge is 0.123 e. The third kappa shape index (κ3) is 2.03. The van der Waals surface area contributed by atoms with Crippen molar-refractivity contribution in [3.05, 3.63) is 33.7 Å². The van der Waals surface area contributed by atoms with Crippen LogP contribution in [0.15, 0.2) is 17.2 Å². The van der Waals surface area contributed by atoms with E-state index >= 15 is 0 Å². The van der Waals surface area contributed by atoms with Gasteiger partial charge in [0.2, 0.25) is 0 Å². The zero-order chi connectivity index (χ0) is 10.8. The summed E-state index contributed by atoms with van der Waals surface area (Å²) in [5, 5.41) is 3.71. The number of ether oxygens (including phenoxy) is 1. The van der Waals surface area contributed by atoms with Gasteiger partial charge in [-0.25, -0.2) is 0 Å². The first-order valence-electron chi connectivity index (χ1n) is 4.66. The molecule has 0 saturated heterocycles. The summed E-state index contributed by atoms with van der Waals surface area (Å²) in [6.45, 7) is 1.97. The molecule has 2 rings (SSSR count). The second kappa shape index (κ2) is 4.28. The monoisotopic (exact) mass is 315 g/mol. The summed E-state index contributed by atoms with van der Waals surface area (Å²) in [6, 6.07) is 3.90. The van der Waals surface area contributed by atoms with E-state index in [1.54, 1.807) is 0 Å². The van der Waals surface area contributed by atoms with E-state index in [1.807, 2.05) is 19.1 Å². The summed E-state index contributed by atoms with van der Waals surface area (Å²) in [4.78, 5) is 2.84. The van der Waals surface area contributed by atoms with E-state index < -0.39 is 0 Å². The summed E-state index contributed by atoms with van der Waals surface area (Å²) in [6.07, 6.45) is 1.06. The zero-order valence-corrected chi connectivity index (χ0v) is 10.4. The first-order valence-corrected chi connectivity index (χ1v) is 6.18. The Balaban J connectivity index is 2.47. The van der Waals surface area contributed by atoms with Gasteiger partial charge in [0.1, 0.15) is 11.9 Å². The van der Waals surface area contributed by atoms with E-state index in [0.717, 1.165) is 27.7 Å². The van der Waals surface area contributed by atoms with Crippen LogP contribution in [0.2, 0.25) is 0 Å². The van der Waals surface area contributed by atoms with Gasteiger partial charge < -0.3 is 4.74 Å². The molecule has 1 aliphatic rings. The number of azide groups is 1. The third-order valence-corrected chi connectivity index (χ3v) is 3.36. The van der Waals surface area contributed by atoms with Crippen LogP contribution < -0.4 is 4.74 Å². The standard InChI is InChI=1S/C10H10IN3O/c1-6-2-9(13-14-12)8-4-7(5-11)15-10(8)3-6/h2-3,7H,4-5H2,1H3. The van der Waals surface area contributed by atoms with Gasteiger partial charge in [-0.05, 0) is 30.2 Å². The highest BCUT2D eigenvalue weighted by molar-refractivity contribution is 14.1. The molecule has 0 aromatic heterocycles. The molecule has 78 valence electrons. The molecular formula is C10H10IN3O. The highest BCUT2D eigenvalue weighted by Gasteiger charge is 2.24. The maximum atomic E-state index is 8.48. The second-order valence-corrected chi connectivity index (χ2v) is 4.43. The molecule has 4 nitrogen and oxygen atoms in total. The van der Waals surface area contributed by atoms with Gasteiger partial charge in [-0.15, -0.1) is 0 Å². The number of rotatable bonds is 2. The normalized spacial score (nSPS) is 17.9. The van der Waals surface area contributed by atoms with Gasteiger partial charge in [-0.3, -0.25) is 0 Å². The molecule has 5 heteroatoms. The zero-order valence-electron chi connectivity index (χ0n) is 8.27. The van der Waals surface area contributed by atoms with Crippen LogP contribution in [0.3, 0.4) is 0 Å². The van der Waals surface area contributed by atoms with Crippen molar-refractivity contribution in [3.63, 3.8) is 0 Å². The minimum atomic E-state index is 0.218. The molecule has 0 N–H and O–H groups in total. The van der Waals surface area contributed by atoms with E-state index in [1.165, 1.54) is 0 Å². The molecule has 0 saturated carbocycles. The van der Waals surface area contributed by atoms with Crippen LogP contribution in [0.25, 0.3) is 10.4 Å². The van der Waals surface area contributed by atoms with Gasteiger partial charge in [-0.1, -0.05) is 27.7 Å². The van der Waals surface area contributed by atoms with Gasteiger partial charge in [0.25, 0.3) is 0 Å². The van der Waals surface area contributed by atoms with E-state index in [-0.39, 0.29) is 6.10 Å². The number of nitrogens with zero attached hydrogens (tertiary/aromatic N) is 3. The maximum absolute atomic E-state index is 8.48. The third-order valence-electron chi connectivity index (χ3n) is 2.38. The average molecular weight is 315 g/mol. The topological polar surface area (TPSA) is 58.0 Å². The minimum Gasteiger partial charge on any atom is -0.489 e. The van der Waals surface area contributed by atoms with Crippen LogP contribution in [0.5, 0.6) is 5.75 Å². The molecule has 1 aliphatic heterocycles. The quantitative estimate of drug-likeness (QED) is 0.270. The summed E-state index contributed by atoms with van der Waals surface area (Å²) in [7, 11) is 0. The lowest BCUT2D eigenvalue weighted by molar-refractivity contribution is 0.262. The van der Waals surface area contributed by atoms with Crippen LogP contribution in [0, 0.1) is 6.92 Å². The van der Waals surface area contributed by atoms with E-state index in [9.17, 15) is 0 Å². The lowest BCUT2D eigenvalue weighted by Crippen LogP contribution is -2.13. The van der Waals surface area contributed by atoms with Gasteiger partial charge in [0.05, 0.1) is 0 Å². The van der Waals surface area contributed by atoms with Crippen molar-refractivity contribution in [2.45, 2.75) is 19.4 Å². The van der Waals surface area contributed by atoms with E-state index in [2.05, 4.69) is 32.6 Å². The van der Waals surface area contributed by atoms with E-state index in [4.69, 9.17) is 10.3 Å². The Labute approximate surface area is 101 Å². The Morgan fingerprint density at radius 2 is 2.47 bits per heavy atom. The Hall–Kier alpha value is -0.940. The summed E-state index contributed by atoms with van der Waals surface area (Å²) < 4.78 is 6.68. The van der Waals surface area contributed by atoms with Crippen LogP contribution in [-0.4, -0.2) is 10.5 Å². The molecule has 1 aromatic carbocycles. The van der Waals surface area contributed by atoms with Gasteiger partial charge >= 0.3 is 0 Å². The Morgan fingerprint density at radius 1 is 1.67 bits per heavy atom. The maximum Gasteiger partial charge on any atom is 0.123 e. The fourth-order valence-corrected chi connectivity index (χ4v) is 2.24. The molecule has 1 aromatic rings. The summed E-state index contributed by atoms with van der Waals surface area (Å²) in [5.41, 5.74) is 11.3. The van der Waals surface area contributed by atoms with Crippen molar-refractivity contribution in [2.24, 2.45) is 5.11 Å². The Bertz CT molecular complexity index is 441. The van der Waals surface area contributed by atoms with Crippen molar-refractivity contribution in [1.29, 1.82) is 0 Å². The van der Waals surface area contributed by atoms with Crippen LogP contribution in [0.4, 0.5) is 5.69 Å². The van der Waals surface area contributed by atoms with Gasteiger partial charge in [0, 0.05) is 27.0 Å². The van der Waals surface area contributed by atoms with Crippen molar-refractivity contribution in [1.82, 2.24) is 0 Å². The molecule has 0 aliphatic carbocycles. The molecule has 1 unspecified atom stereocenters. The fourth-order valence-electron chi connectivity index (χ4n) is 1.75. The van der Waals surface area contributed by atoms with Crippen molar-refractivity contribution in [3.8, 4) is 5.75 Å². The van der Waals surface area contributed by atoms with E-state index in [0.29, 0.717) is 5.69 Å². The van der Waals surface area contributed by atoms with Crippen molar-refractivity contribution < 1.29 is 4.74 Å². The molecule has 1 atom stereocenters. The van der Waals surface area contributed by atoms with Crippen molar-refractivity contribution >= 4 is 28.3 Å². The number of hydrogen-bond acceptors (Lipinski definition) is 2. The highest BCUT2D eigenvalue weighted by atomic mass is 127. The molecule has 0 spiro atoms. The molecular weight excluding hydrogens is 305 g/mol. The number of benzene rings is 1. The largest absolute Gasteiger partial charge is 0.489 e. The summed E-state index contributed by atoms with van der Waals surface area (Å²) >= 11 is 2.30. The van der Waals surface area contributed by atoms with Gasteiger partial charge in [0.15, 0.2) is 0 Å². The number of fused-ring (bicyclic) bond motifs is 1. The SMILES string of the molecule is Cc1cc(N=[N+]=[N-])c2c(c1)OC(CI)C2. The lowest BCUT2D eigenvalue weighted by atomic mass is 10.1. The molecule has 0 bridgehead atoms. The second-order valence-electron chi connectivity index (χ2n) is 3.55. The molecule has 0 fully saturated rings. The number of hydrogen-bond donors (Lipinski definition) is 0. The minimum absolute atomic E-state index is 0.218. The van der Waals surface area contributed by atoms with Crippen molar-refractivity contribution in [2.75, 3.05) is 4.43 Å². The van der Waals surface area contributed by atoms with Crippen LogP contribution in [-0.2, 0) is 6.42 Å². The first-order chi connectivity index (χ1) is 7.24. The Kier molecular flexibility index (Phi) is 3.02. The molecule has 0 radical (unpaired) electrons. The predicted molar refractivity (Wildman–Crippen MR) is 67.0 cm³/mol. The molecule has 0 amide bonds. The number of alkyl halides is 1. The summed E-state index contributed by atoms with van der Waals surface area (Å²) in [5.74, 6) is 0.874. The Morgan fingerprint density at radius 3 is 3.13 bits per heavy atom. The fraction of sp³-hybridized carbons (Fsp3) is 0.400. The highest BCUT2D eigenvalue weighted by Crippen LogP contribution is 2.37. The number of halogens is 1. The first kappa shape index (κ1) is 10.6. The molecule has 15 heavy (non-hydrogen) atoms. The lowest BCUT2D eigenvalue weighted by Gasteiger charge is -2.05. The molecule has 1 heterocycles. The van der Waals surface area contributed by atoms with Gasteiger partial charge in [-0.2, -0.15) is 0 Å². The van der Waals surface area contributed by atoms with Crippen LogP contribution in [0.1, 0.15) is 11.1 Å². The predicted octanol–water partition coefficient (Wildman–Crippen LogP) is 3.68.